The first-order chi connectivity index (χ1) is 8.45. The lowest BCUT2D eigenvalue weighted by Crippen LogP contribution is -2.36. The Bertz CT molecular complexity index is 465. The van der Waals surface area contributed by atoms with E-state index in [2.05, 4.69) is 15.9 Å². The van der Waals surface area contributed by atoms with E-state index in [-0.39, 0.29) is 12.5 Å². The van der Waals surface area contributed by atoms with Crippen molar-refractivity contribution in [3.63, 3.8) is 0 Å². The summed E-state index contributed by atoms with van der Waals surface area (Å²) in [6, 6.07) is 4.89. The molecule has 0 unspecified atom stereocenters. The molecule has 1 aromatic carbocycles. The van der Waals surface area contributed by atoms with E-state index in [1.165, 1.54) is 4.90 Å². The highest BCUT2D eigenvalue weighted by Crippen LogP contribution is 2.22. The topological polar surface area (TPSA) is 57.6 Å². The number of aliphatic carboxylic acids is 1. The number of hydrogen-bond donors (Lipinski definition) is 1. The van der Waals surface area contributed by atoms with Gasteiger partial charge in [-0.15, -0.1) is 0 Å². The molecule has 0 saturated carbocycles. The van der Waals surface area contributed by atoms with Crippen molar-refractivity contribution in [1.82, 2.24) is 4.90 Å². The van der Waals surface area contributed by atoms with Crippen LogP contribution in [0.1, 0.15) is 23.7 Å². The van der Waals surface area contributed by atoms with Crippen molar-refractivity contribution in [2.24, 2.45) is 0 Å². The van der Waals surface area contributed by atoms with Gasteiger partial charge in [-0.3, -0.25) is 9.59 Å². The molecule has 0 radical (unpaired) electrons. The molecule has 0 atom stereocenters. The van der Waals surface area contributed by atoms with E-state index in [0.717, 1.165) is 4.47 Å². The van der Waals surface area contributed by atoms with Crippen LogP contribution >= 0.6 is 27.5 Å². The molecule has 4 nitrogen and oxygen atoms in total. The van der Waals surface area contributed by atoms with Crippen molar-refractivity contribution < 1.29 is 14.7 Å². The highest BCUT2D eigenvalue weighted by Gasteiger charge is 2.19. The summed E-state index contributed by atoms with van der Waals surface area (Å²) in [5, 5.41) is 9.09. The molecule has 0 heterocycles. The lowest BCUT2D eigenvalue weighted by Gasteiger charge is -2.20. The minimum Gasteiger partial charge on any atom is -0.480 e. The van der Waals surface area contributed by atoms with Gasteiger partial charge in [-0.25, -0.2) is 0 Å². The summed E-state index contributed by atoms with van der Waals surface area (Å²) in [6.45, 7) is 1.95. The molecule has 0 aromatic heterocycles. The van der Waals surface area contributed by atoms with Gasteiger partial charge in [-0.2, -0.15) is 0 Å². The molecular weight excluding hydrogens is 321 g/mol. The number of nitrogens with zero attached hydrogens (tertiary/aromatic N) is 1. The Hall–Kier alpha value is -1.07. The van der Waals surface area contributed by atoms with E-state index in [4.69, 9.17) is 16.7 Å². The number of hydrogen-bond acceptors (Lipinski definition) is 2. The zero-order chi connectivity index (χ0) is 13.7. The van der Waals surface area contributed by atoms with Gasteiger partial charge in [0, 0.05) is 11.0 Å². The lowest BCUT2D eigenvalue weighted by atomic mass is 10.2. The maximum atomic E-state index is 12.2. The zero-order valence-corrected chi connectivity index (χ0v) is 12.2. The first kappa shape index (κ1) is 15.0. The Balaban J connectivity index is 2.97. The number of rotatable bonds is 5. The SMILES string of the molecule is CCCN(CC(=O)O)C(=O)c1ccc(Br)cc1Cl. The third kappa shape index (κ3) is 3.99. The largest absolute Gasteiger partial charge is 0.480 e. The van der Waals surface area contributed by atoms with Gasteiger partial charge in [-0.05, 0) is 24.6 Å². The average molecular weight is 335 g/mol. The number of carboxylic acids is 1. The molecule has 1 aromatic rings. The molecule has 6 heteroatoms. The highest BCUT2D eigenvalue weighted by atomic mass is 79.9. The van der Waals surface area contributed by atoms with Crippen molar-refractivity contribution in [1.29, 1.82) is 0 Å². The Morgan fingerprint density at radius 2 is 2.11 bits per heavy atom. The summed E-state index contributed by atoms with van der Waals surface area (Å²) in [5.41, 5.74) is 0.314. The maximum Gasteiger partial charge on any atom is 0.323 e. The molecule has 0 aliphatic heterocycles. The molecule has 1 rings (SSSR count). The van der Waals surface area contributed by atoms with Crippen LogP contribution in [0.2, 0.25) is 5.02 Å². The van der Waals surface area contributed by atoms with E-state index in [1.54, 1.807) is 18.2 Å². The summed E-state index contributed by atoms with van der Waals surface area (Å²) in [6.07, 6.45) is 0.688. The molecule has 1 N–H and O–H groups in total. The van der Waals surface area contributed by atoms with Gasteiger partial charge in [0.25, 0.3) is 5.91 Å². The normalized spacial score (nSPS) is 10.2. The number of carboxylic acid groups (broad SMARTS) is 1. The number of carbonyl (C=O) groups is 2. The molecule has 98 valence electrons. The summed E-state index contributed by atoms with van der Waals surface area (Å²) in [7, 11) is 0. The van der Waals surface area contributed by atoms with E-state index in [9.17, 15) is 9.59 Å². The quantitative estimate of drug-likeness (QED) is 0.900. The standard InChI is InChI=1S/C12H13BrClNO3/c1-2-5-15(7-11(16)17)12(18)9-4-3-8(13)6-10(9)14/h3-4,6H,2,5,7H2,1H3,(H,16,17). The Morgan fingerprint density at radius 1 is 1.44 bits per heavy atom. The molecule has 0 saturated heterocycles. The van der Waals surface area contributed by atoms with Gasteiger partial charge in [0.05, 0.1) is 10.6 Å². The fraction of sp³-hybridized carbons (Fsp3) is 0.333. The predicted octanol–water partition coefficient (Wildman–Crippen LogP) is 3.04. The summed E-state index contributed by atoms with van der Waals surface area (Å²) >= 11 is 9.23. The van der Waals surface area contributed by atoms with Crippen LogP contribution < -0.4 is 0 Å². The number of amides is 1. The van der Waals surface area contributed by atoms with E-state index in [1.807, 2.05) is 6.92 Å². The fourth-order valence-electron chi connectivity index (χ4n) is 1.52. The molecule has 0 bridgehead atoms. The van der Waals surface area contributed by atoms with Crippen LogP contribution in [0.15, 0.2) is 22.7 Å². The van der Waals surface area contributed by atoms with Crippen LogP contribution in [-0.2, 0) is 4.79 Å². The second-order valence-corrected chi connectivity index (χ2v) is 5.07. The van der Waals surface area contributed by atoms with Gasteiger partial charge >= 0.3 is 5.97 Å². The van der Waals surface area contributed by atoms with Crippen molar-refractivity contribution >= 4 is 39.4 Å². The van der Waals surface area contributed by atoms with E-state index in [0.29, 0.717) is 23.6 Å². The molecule has 0 aliphatic rings. The second-order valence-electron chi connectivity index (χ2n) is 3.74. The van der Waals surface area contributed by atoms with E-state index >= 15 is 0 Å². The van der Waals surface area contributed by atoms with Gasteiger partial charge in [0.15, 0.2) is 0 Å². The zero-order valence-electron chi connectivity index (χ0n) is 9.82. The molecule has 1 amide bonds. The third-order valence-corrected chi connectivity index (χ3v) is 3.07. The number of carbonyl (C=O) groups excluding carboxylic acids is 1. The van der Waals surface area contributed by atoms with Crippen LogP contribution in [0.3, 0.4) is 0 Å². The second kappa shape index (κ2) is 6.75. The molecule has 0 fully saturated rings. The van der Waals surface area contributed by atoms with Crippen LogP contribution in [0.25, 0.3) is 0 Å². The molecular formula is C12H13BrClNO3. The Kier molecular flexibility index (Phi) is 5.62. The minimum absolute atomic E-state index is 0.306. The Labute approximate surface area is 119 Å². The van der Waals surface area contributed by atoms with Crippen LogP contribution in [0, 0.1) is 0 Å². The van der Waals surface area contributed by atoms with Gasteiger partial charge < -0.3 is 10.0 Å². The third-order valence-electron chi connectivity index (χ3n) is 2.27. The number of benzene rings is 1. The molecule has 0 aliphatic carbocycles. The van der Waals surface area contributed by atoms with Crippen molar-refractivity contribution in [3.8, 4) is 0 Å². The molecule has 18 heavy (non-hydrogen) atoms. The van der Waals surface area contributed by atoms with Gasteiger partial charge in [0.2, 0.25) is 0 Å². The van der Waals surface area contributed by atoms with E-state index < -0.39 is 5.97 Å². The van der Waals surface area contributed by atoms with Gasteiger partial charge in [0.1, 0.15) is 6.54 Å². The molecule has 0 spiro atoms. The average Bonchev–Trinajstić information content (AvgIpc) is 2.27. The summed E-state index contributed by atoms with van der Waals surface area (Å²) < 4.78 is 0.768. The van der Waals surface area contributed by atoms with Crippen LogP contribution in [-0.4, -0.2) is 35.0 Å². The lowest BCUT2D eigenvalue weighted by molar-refractivity contribution is -0.137. The smallest absolute Gasteiger partial charge is 0.323 e. The first-order valence-electron chi connectivity index (χ1n) is 5.41. The minimum atomic E-state index is -1.04. The first-order valence-corrected chi connectivity index (χ1v) is 6.59. The Morgan fingerprint density at radius 3 is 2.61 bits per heavy atom. The van der Waals surface area contributed by atoms with Crippen molar-refractivity contribution in [3.05, 3.63) is 33.3 Å². The summed E-state index contributed by atoms with van der Waals surface area (Å²) in [5.74, 6) is -1.40. The highest BCUT2D eigenvalue weighted by molar-refractivity contribution is 9.10. The van der Waals surface area contributed by atoms with Crippen LogP contribution in [0.5, 0.6) is 0 Å². The summed E-state index contributed by atoms with van der Waals surface area (Å²) in [4.78, 5) is 24.2. The fourth-order valence-corrected chi connectivity index (χ4v) is 2.27. The van der Waals surface area contributed by atoms with Crippen molar-refractivity contribution in [2.45, 2.75) is 13.3 Å². The van der Waals surface area contributed by atoms with Gasteiger partial charge in [-0.1, -0.05) is 34.5 Å². The monoisotopic (exact) mass is 333 g/mol. The predicted molar refractivity (Wildman–Crippen MR) is 73.0 cm³/mol. The number of halogens is 2. The van der Waals surface area contributed by atoms with Crippen molar-refractivity contribution in [2.75, 3.05) is 13.1 Å². The maximum absolute atomic E-state index is 12.2. The van der Waals surface area contributed by atoms with Crippen LogP contribution in [0.4, 0.5) is 0 Å².